The van der Waals surface area contributed by atoms with Gasteiger partial charge in [-0.25, -0.2) is 0 Å². The fraction of sp³-hybridized carbons (Fsp3) is 0.778. The lowest BCUT2D eigenvalue weighted by Gasteiger charge is -2.15. The minimum absolute atomic E-state index is 0.245. The van der Waals surface area contributed by atoms with Gasteiger partial charge in [-0.2, -0.15) is 0 Å². The normalized spacial score (nSPS) is 13.0. The monoisotopic (exact) mass is 215 g/mol. The highest BCUT2D eigenvalue weighted by molar-refractivity contribution is 7.05. The number of hydrogen-bond acceptors (Lipinski definition) is 5. The largest absolute Gasteiger partial charge is 0.380 e. The summed E-state index contributed by atoms with van der Waals surface area (Å²) < 4.78 is 9.26. The summed E-state index contributed by atoms with van der Waals surface area (Å²) in [7, 11) is 0. The molecule has 1 atom stereocenters. The van der Waals surface area contributed by atoms with Crippen LogP contribution in [0.4, 0.5) is 0 Å². The summed E-state index contributed by atoms with van der Waals surface area (Å²) in [4.78, 5) is 1.15. The lowest BCUT2D eigenvalue weighted by Crippen LogP contribution is -2.25. The minimum Gasteiger partial charge on any atom is -0.380 e. The van der Waals surface area contributed by atoms with Crippen LogP contribution in [-0.2, 0) is 4.74 Å². The van der Waals surface area contributed by atoms with Crippen molar-refractivity contribution < 1.29 is 4.74 Å². The Morgan fingerprint density at radius 1 is 1.57 bits per heavy atom. The SMILES string of the molecule is CCCNC(COCC)c1cnns1. The van der Waals surface area contributed by atoms with Gasteiger partial charge in [-0.1, -0.05) is 11.4 Å². The predicted octanol–water partition coefficient (Wildman–Crippen LogP) is 1.62. The molecular formula is C9H17N3OS. The molecule has 5 heteroatoms. The van der Waals surface area contributed by atoms with Gasteiger partial charge in [0.05, 0.1) is 23.7 Å². The van der Waals surface area contributed by atoms with E-state index in [0.29, 0.717) is 6.61 Å². The zero-order chi connectivity index (χ0) is 10.2. The van der Waals surface area contributed by atoms with Crippen molar-refractivity contribution in [2.24, 2.45) is 0 Å². The molecule has 1 N–H and O–H groups in total. The molecule has 1 aromatic rings. The lowest BCUT2D eigenvalue weighted by molar-refractivity contribution is 0.124. The van der Waals surface area contributed by atoms with Crippen LogP contribution in [0.2, 0.25) is 0 Å². The highest BCUT2D eigenvalue weighted by Gasteiger charge is 2.12. The van der Waals surface area contributed by atoms with Gasteiger partial charge < -0.3 is 10.1 Å². The van der Waals surface area contributed by atoms with Crippen LogP contribution in [-0.4, -0.2) is 29.3 Å². The number of hydrogen-bond donors (Lipinski definition) is 1. The average Bonchev–Trinajstić information content (AvgIpc) is 2.71. The van der Waals surface area contributed by atoms with E-state index in [0.717, 1.165) is 24.4 Å². The van der Waals surface area contributed by atoms with E-state index >= 15 is 0 Å². The van der Waals surface area contributed by atoms with Crippen LogP contribution in [0, 0.1) is 0 Å². The number of ether oxygens (including phenoxy) is 1. The molecule has 0 fully saturated rings. The Kier molecular flexibility index (Phi) is 5.66. The molecule has 0 saturated carbocycles. The first-order chi connectivity index (χ1) is 6.88. The van der Waals surface area contributed by atoms with Crippen LogP contribution in [0.1, 0.15) is 31.2 Å². The molecular weight excluding hydrogens is 198 g/mol. The highest BCUT2D eigenvalue weighted by Crippen LogP contribution is 2.15. The van der Waals surface area contributed by atoms with Gasteiger partial charge in [-0.05, 0) is 31.4 Å². The fourth-order valence-electron chi connectivity index (χ4n) is 1.12. The molecule has 0 saturated heterocycles. The maximum absolute atomic E-state index is 5.41. The van der Waals surface area contributed by atoms with E-state index in [2.05, 4.69) is 21.8 Å². The van der Waals surface area contributed by atoms with Crippen LogP contribution in [0.25, 0.3) is 0 Å². The first-order valence-corrected chi connectivity index (χ1v) is 5.74. The molecule has 0 aromatic carbocycles. The van der Waals surface area contributed by atoms with E-state index in [1.807, 2.05) is 6.92 Å². The van der Waals surface area contributed by atoms with Gasteiger partial charge in [-0.3, -0.25) is 0 Å². The van der Waals surface area contributed by atoms with E-state index in [1.165, 1.54) is 11.5 Å². The van der Waals surface area contributed by atoms with Crippen molar-refractivity contribution in [1.29, 1.82) is 0 Å². The molecule has 1 aromatic heterocycles. The molecule has 0 amide bonds. The van der Waals surface area contributed by atoms with E-state index in [4.69, 9.17) is 4.74 Å². The maximum Gasteiger partial charge on any atom is 0.0685 e. The molecule has 1 heterocycles. The van der Waals surface area contributed by atoms with E-state index < -0.39 is 0 Å². The van der Waals surface area contributed by atoms with Gasteiger partial charge in [0, 0.05) is 6.61 Å². The second-order valence-electron chi connectivity index (χ2n) is 2.99. The van der Waals surface area contributed by atoms with Crippen molar-refractivity contribution in [3.8, 4) is 0 Å². The number of rotatable bonds is 7. The first kappa shape index (κ1) is 11.6. The van der Waals surface area contributed by atoms with Crippen molar-refractivity contribution in [2.45, 2.75) is 26.3 Å². The second kappa shape index (κ2) is 6.86. The standard InChI is InChI=1S/C9H17N3OS/c1-3-5-10-8(7-13-4-2)9-6-11-12-14-9/h6,8,10H,3-5,7H2,1-2H3. The Labute approximate surface area is 88.8 Å². The smallest absolute Gasteiger partial charge is 0.0685 e. The second-order valence-corrected chi connectivity index (χ2v) is 3.80. The van der Waals surface area contributed by atoms with Gasteiger partial charge in [0.25, 0.3) is 0 Å². The van der Waals surface area contributed by atoms with Crippen molar-refractivity contribution in [3.05, 3.63) is 11.1 Å². The summed E-state index contributed by atoms with van der Waals surface area (Å²) in [6.07, 6.45) is 2.92. The fourth-order valence-corrected chi connectivity index (χ4v) is 1.69. The summed E-state index contributed by atoms with van der Waals surface area (Å²) in [6.45, 7) is 6.59. The predicted molar refractivity (Wildman–Crippen MR) is 57.4 cm³/mol. The van der Waals surface area contributed by atoms with Gasteiger partial charge in [0.1, 0.15) is 0 Å². The zero-order valence-electron chi connectivity index (χ0n) is 8.69. The molecule has 0 aliphatic carbocycles. The third kappa shape index (κ3) is 3.69. The van der Waals surface area contributed by atoms with E-state index in [9.17, 15) is 0 Å². The van der Waals surface area contributed by atoms with Crippen LogP contribution < -0.4 is 5.32 Å². The van der Waals surface area contributed by atoms with Crippen LogP contribution in [0.5, 0.6) is 0 Å². The number of aromatic nitrogens is 2. The van der Waals surface area contributed by atoms with Gasteiger partial charge in [0.15, 0.2) is 0 Å². The molecule has 4 nitrogen and oxygen atoms in total. The zero-order valence-corrected chi connectivity index (χ0v) is 9.51. The summed E-state index contributed by atoms with van der Waals surface area (Å²) in [6, 6.07) is 0.245. The van der Waals surface area contributed by atoms with Crippen molar-refractivity contribution >= 4 is 11.5 Å². The molecule has 0 radical (unpaired) electrons. The van der Waals surface area contributed by atoms with Gasteiger partial charge in [-0.15, -0.1) is 5.10 Å². The molecule has 1 rings (SSSR count). The molecule has 80 valence electrons. The van der Waals surface area contributed by atoms with Crippen LogP contribution in [0.3, 0.4) is 0 Å². The van der Waals surface area contributed by atoms with Gasteiger partial charge >= 0.3 is 0 Å². The topological polar surface area (TPSA) is 47.0 Å². The Morgan fingerprint density at radius 3 is 3.00 bits per heavy atom. The third-order valence-electron chi connectivity index (χ3n) is 1.85. The molecule has 0 bridgehead atoms. The van der Waals surface area contributed by atoms with Gasteiger partial charge in [0.2, 0.25) is 0 Å². The molecule has 14 heavy (non-hydrogen) atoms. The first-order valence-electron chi connectivity index (χ1n) is 4.96. The van der Waals surface area contributed by atoms with Crippen molar-refractivity contribution in [3.63, 3.8) is 0 Å². The Bertz CT molecular complexity index is 220. The van der Waals surface area contributed by atoms with Crippen molar-refractivity contribution in [2.75, 3.05) is 19.8 Å². The molecule has 0 spiro atoms. The molecule has 0 aliphatic heterocycles. The lowest BCUT2D eigenvalue weighted by atomic mass is 10.2. The summed E-state index contributed by atoms with van der Waals surface area (Å²) in [5.41, 5.74) is 0. The summed E-state index contributed by atoms with van der Waals surface area (Å²) >= 11 is 1.43. The quantitative estimate of drug-likeness (QED) is 0.750. The van der Waals surface area contributed by atoms with Crippen LogP contribution in [0.15, 0.2) is 6.20 Å². The maximum atomic E-state index is 5.41. The number of nitrogens with zero attached hydrogens (tertiary/aromatic N) is 2. The average molecular weight is 215 g/mol. The molecule has 0 aliphatic rings. The Hall–Kier alpha value is -0.520. The Morgan fingerprint density at radius 2 is 2.43 bits per heavy atom. The number of nitrogens with one attached hydrogen (secondary N) is 1. The summed E-state index contributed by atoms with van der Waals surface area (Å²) in [5, 5.41) is 7.24. The highest BCUT2D eigenvalue weighted by atomic mass is 32.1. The Balaban J connectivity index is 2.44. The van der Waals surface area contributed by atoms with Crippen molar-refractivity contribution in [1.82, 2.24) is 14.9 Å². The molecule has 1 unspecified atom stereocenters. The third-order valence-corrected chi connectivity index (χ3v) is 2.63. The minimum atomic E-state index is 0.245. The van der Waals surface area contributed by atoms with E-state index in [-0.39, 0.29) is 6.04 Å². The summed E-state index contributed by atoms with van der Waals surface area (Å²) in [5.74, 6) is 0. The van der Waals surface area contributed by atoms with E-state index in [1.54, 1.807) is 6.20 Å². The van der Waals surface area contributed by atoms with Crippen LogP contribution >= 0.6 is 11.5 Å².